The van der Waals surface area contributed by atoms with Gasteiger partial charge in [0.05, 0.1) is 5.69 Å². The van der Waals surface area contributed by atoms with E-state index in [-0.39, 0.29) is 0 Å². The first kappa shape index (κ1) is 8.75. The first-order chi connectivity index (χ1) is 6.42. The van der Waals surface area contributed by atoms with Gasteiger partial charge in [0.1, 0.15) is 0 Å². The summed E-state index contributed by atoms with van der Waals surface area (Å²) in [5, 5.41) is 7.82. The van der Waals surface area contributed by atoms with E-state index in [1.165, 1.54) is 18.5 Å². The minimum absolute atomic E-state index is 0.550. The summed E-state index contributed by atoms with van der Waals surface area (Å²) in [5.41, 5.74) is 1.36. The molecular formula is C10H17N3. The van der Waals surface area contributed by atoms with Crippen LogP contribution in [0.1, 0.15) is 37.9 Å². The molecule has 1 fully saturated rings. The van der Waals surface area contributed by atoms with Crippen molar-refractivity contribution in [1.82, 2.24) is 15.1 Å². The highest BCUT2D eigenvalue weighted by molar-refractivity contribution is 5.08. The Kier molecular flexibility index (Phi) is 2.64. The fourth-order valence-corrected chi connectivity index (χ4v) is 1.97. The van der Waals surface area contributed by atoms with E-state index >= 15 is 0 Å². The standard InChI is InChI=1S/C10H17N3/c1-2-8-13-10(5-7-12-13)9-4-3-6-11-9/h5,7,9,11H,2-4,6,8H2,1H3/t9-/m1/s1. The van der Waals surface area contributed by atoms with E-state index in [1.807, 2.05) is 6.20 Å². The Balaban J connectivity index is 2.13. The Morgan fingerprint density at radius 2 is 2.62 bits per heavy atom. The number of hydrogen-bond acceptors (Lipinski definition) is 2. The molecule has 1 aromatic heterocycles. The largest absolute Gasteiger partial charge is 0.309 e. The van der Waals surface area contributed by atoms with Crippen molar-refractivity contribution in [2.75, 3.05) is 6.54 Å². The lowest BCUT2D eigenvalue weighted by Crippen LogP contribution is -2.17. The van der Waals surface area contributed by atoms with E-state index in [2.05, 4.69) is 28.1 Å². The Morgan fingerprint density at radius 3 is 3.31 bits per heavy atom. The zero-order valence-electron chi connectivity index (χ0n) is 8.16. The van der Waals surface area contributed by atoms with Crippen LogP contribution < -0.4 is 5.32 Å². The van der Waals surface area contributed by atoms with Gasteiger partial charge in [-0.25, -0.2) is 0 Å². The summed E-state index contributed by atoms with van der Waals surface area (Å²) < 4.78 is 2.13. The van der Waals surface area contributed by atoms with Gasteiger partial charge >= 0.3 is 0 Å². The third-order valence-corrected chi connectivity index (χ3v) is 2.60. The number of aromatic nitrogens is 2. The van der Waals surface area contributed by atoms with Crippen molar-refractivity contribution < 1.29 is 0 Å². The molecule has 0 amide bonds. The number of nitrogens with one attached hydrogen (secondary N) is 1. The van der Waals surface area contributed by atoms with Crippen molar-refractivity contribution >= 4 is 0 Å². The first-order valence-corrected chi connectivity index (χ1v) is 5.17. The predicted octanol–water partition coefficient (Wildman–Crippen LogP) is 1.72. The van der Waals surface area contributed by atoms with Crippen LogP contribution in [0.5, 0.6) is 0 Å². The van der Waals surface area contributed by atoms with Crippen molar-refractivity contribution in [3.05, 3.63) is 18.0 Å². The number of hydrogen-bond donors (Lipinski definition) is 1. The van der Waals surface area contributed by atoms with E-state index in [4.69, 9.17) is 0 Å². The van der Waals surface area contributed by atoms with Crippen molar-refractivity contribution in [3.8, 4) is 0 Å². The van der Waals surface area contributed by atoms with Gasteiger partial charge in [0, 0.05) is 18.8 Å². The molecule has 2 rings (SSSR count). The van der Waals surface area contributed by atoms with Crippen LogP contribution in [0.4, 0.5) is 0 Å². The van der Waals surface area contributed by atoms with E-state index in [0.29, 0.717) is 6.04 Å². The number of nitrogens with zero attached hydrogens (tertiary/aromatic N) is 2. The maximum atomic E-state index is 4.33. The van der Waals surface area contributed by atoms with Crippen LogP contribution in [0.25, 0.3) is 0 Å². The van der Waals surface area contributed by atoms with Gasteiger partial charge in [0.2, 0.25) is 0 Å². The summed E-state index contributed by atoms with van der Waals surface area (Å²) in [5.74, 6) is 0. The molecule has 1 saturated heterocycles. The van der Waals surface area contributed by atoms with Crippen molar-refractivity contribution in [3.63, 3.8) is 0 Å². The van der Waals surface area contributed by atoms with E-state index in [0.717, 1.165) is 19.5 Å². The van der Waals surface area contributed by atoms with Crippen LogP contribution in [0, 0.1) is 0 Å². The molecule has 0 aliphatic carbocycles. The number of rotatable bonds is 3. The highest BCUT2D eigenvalue weighted by Gasteiger charge is 2.19. The molecule has 3 nitrogen and oxygen atoms in total. The maximum absolute atomic E-state index is 4.33. The second-order valence-corrected chi connectivity index (χ2v) is 3.63. The molecule has 1 aliphatic rings. The molecule has 1 atom stereocenters. The summed E-state index contributed by atoms with van der Waals surface area (Å²) in [6, 6.07) is 2.69. The zero-order valence-corrected chi connectivity index (χ0v) is 8.16. The van der Waals surface area contributed by atoms with Crippen LogP contribution in [-0.2, 0) is 6.54 Å². The van der Waals surface area contributed by atoms with Crippen molar-refractivity contribution in [2.45, 2.75) is 38.8 Å². The molecule has 1 N–H and O–H groups in total. The highest BCUT2D eigenvalue weighted by Crippen LogP contribution is 2.22. The fourth-order valence-electron chi connectivity index (χ4n) is 1.97. The van der Waals surface area contributed by atoms with Crippen molar-refractivity contribution in [1.29, 1.82) is 0 Å². The minimum atomic E-state index is 0.550. The second-order valence-electron chi connectivity index (χ2n) is 3.63. The normalized spacial score (nSPS) is 22.4. The lowest BCUT2D eigenvalue weighted by atomic mass is 10.1. The first-order valence-electron chi connectivity index (χ1n) is 5.17. The van der Waals surface area contributed by atoms with Crippen LogP contribution in [-0.4, -0.2) is 16.3 Å². The molecule has 0 spiro atoms. The molecule has 13 heavy (non-hydrogen) atoms. The van der Waals surface area contributed by atoms with Gasteiger partial charge in [0.25, 0.3) is 0 Å². The summed E-state index contributed by atoms with van der Waals surface area (Å²) in [6.07, 6.45) is 5.61. The Morgan fingerprint density at radius 1 is 1.69 bits per heavy atom. The van der Waals surface area contributed by atoms with Gasteiger partial charge in [-0.1, -0.05) is 6.92 Å². The SMILES string of the molecule is CCCn1nccc1[C@H]1CCCN1. The summed E-state index contributed by atoms with van der Waals surface area (Å²) in [7, 11) is 0. The average molecular weight is 179 g/mol. The van der Waals surface area contributed by atoms with Crippen LogP contribution >= 0.6 is 0 Å². The van der Waals surface area contributed by atoms with Crippen LogP contribution in [0.3, 0.4) is 0 Å². The summed E-state index contributed by atoms with van der Waals surface area (Å²) in [4.78, 5) is 0. The predicted molar refractivity (Wildman–Crippen MR) is 52.5 cm³/mol. The fraction of sp³-hybridized carbons (Fsp3) is 0.700. The molecule has 2 heterocycles. The Hall–Kier alpha value is -0.830. The topological polar surface area (TPSA) is 29.9 Å². The van der Waals surface area contributed by atoms with Crippen LogP contribution in [0.2, 0.25) is 0 Å². The average Bonchev–Trinajstić information content (AvgIpc) is 2.71. The lowest BCUT2D eigenvalue weighted by Gasteiger charge is -2.12. The summed E-state index contributed by atoms with van der Waals surface area (Å²) in [6.45, 7) is 4.38. The number of aryl methyl sites for hydroxylation is 1. The van der Waals surface area contributed by atoms with Gasteiger partial charge in [-0.15, -0.1) is 0 Å². The monoisotopic (exact) mass is 179 g/mol. The Labute approximate surface area is 79.1 Å². The van der Waals surface area contributed by atoms with E-state index < -0.39 is 0 Å². The molecule has 0 bridgehead atoms. The second kappa shape index (κ2) is 3.92. The van der Waals surface area contributed by atoms with Crippen LogP contribution in [0.15, 0.2) is 12.3 Å². The smallest absolute Gasteiger partial charge is 0.0553 e. The zero-order chi connectivity index (χ0) is 9.10. The minimum Gasteiger partial charge on any atom is -0.309 e. The molecule has 0 aromatic carbocycles. The quantitative estimate of drug-likeness (QED) is 0.765. The van der Waals surface area contributed by atoms with Gasteiger partial charge in [-0.3, -0.25) is 4.68 Å². The van der Waals surface area contributed by atoms with Gasteiger partial charge < -0.3 is 5.32 Å². The van der Waals surface area contributed by atoms with E-state index in [9.17, 15) is 0 Å². The Bertz CT molecular complexity index is 261. The molecular weight excluding hydrogens is 162 g/mol. The molecule has 0 saturated carbocycles. The maximum Gasteiger partial charge on any atom is 0.0553 e. The van der Waals surface area contributed by atoms with Crippen molar-refractivity contribution in [2.24, 2.45) is 0 Å². The third-order valence-electron chi connectivity index (χ3n) is 2.60. The molecule has 1 aliphatic heterocycles. The lowest BCUT2D eigenvalue weighted by molar-refractivity contribution is 0.517. The summed E-state index contributed by atoms with van der Waals surface area (Å²) >= 11 is 0. The van der Waals surface area contributed by atoms with Gasteiger partial charge in [-0.05, 0) is 31.9 Å². The molecule has 1 aromatic rings. The third kappa shape index (κ3) is 1.75. The molecule has 0 unspecified atom stereocenters. The van der Waals surface area contributed by atoms with Gasteiger partial charge in [-0.2, -0.15) is 5.10 Å². The van der Waals surface area contributed by atoms with Gasteiger partial charge in [0.15, 0.2) is 0 Å². The highest BCUT2D eigenvalue weighted by atomic mass is 15.3. The molecule has 72 valence electrons. The molecule has 0 radical (unpaired) electrons. The van der Waals surface area contributed by atoms with E-state index in [1.54, 1.807) is 0 Å². The molecule has 3 heteroatoms.